The Kier molecular flexibility index (Phi) is 5.75. The van der Waals surface area contributed by atoms with Gasteiger partial charge in [-0.2, -0.15) is 11.8 Å². The van der Waals surface area contributed by atoms with Crippen LogP contribution in [0.3, 0.4) is 0 Å². The van der Waals surface area contributed by atoms with Gasteiger partial charge < -0.3 is 11.1 Å². The van der Waals surface area contributed by atoms with E-state index in [1.807, 2.05) is 13.2 Å². The van der Waals surface area contributed by atoms with E-state index in [1.165, 1.54) is 0 Å². The molecule has 0 saturated heterocycles. The third-order valence-electron chi connectivity index (χ3n) is 2.66. The number of nitro groups is 1. The average molecular weight is 301 g/mol. The highest BCUT2D eigenvalue weighted by molar-refractivity contribution is 7.98. The number of carbonyl (C=O) groups is 1. The minimum absolute atomic E-state index is 0.205. The fraction of sp³-hybridized carbons (Fsp3) is 0.417. The number of nitrogens with two attached hydrogens (primary N) is 1. The van der Waals surface area contributed by atoms with Crippen LogP contribution in [0, 0.1) is 21.8 Å². The molecule has 1 aromatic rings. The van der Waals surface area contributed by atoms with Gasteiger partial charge in [-0.05, 0) is 24.0 Å². The molecule has 8 heteroatoms. The van der Waals surface area contributed by atoms with Gasteiger partial charge in [0, 0.05) is 12.6 Å². The van der Waals surface area contributed by atoms with Crippen LogP contribution in [0.2, 0.25) is 0 Å². The van der Waals surface area contributed by atoms with E-state index in [4.69, 9.17) is 5.73 Å². The molecule has 0 spiro atoms. The Bertz CT molecular complexity index is 525. The van der Waals surface area contributed by atoms with E-state index in [-0.39, 0.29) is 5.92 Å². The molecular formula is C12H16FN3O3S. The summed E-state index contributed by atoms with van der Waals surface area (Å²) in [5.41, 5.74) is 4.10. The molecule has 0 saturated carbocycles. The first-order chi connectivity index (χ1) is 9.38. The first-order valence-corrected chi connectivity index (χ1v) is 7.27. The minimum atomic E-state index is -0.872. The summed E-state index contributed by atoms with van der Waals surface area (Å²) in [7, 11) is 0. The van der Waals surface area contributed by atoms with E-state index in [9.17, 15) is 19.3 Å². The van der Waals surface area contributed by atoms with Crippen molar-refractivity contribution in [2.24, 2.45) is 5.92 Å². The lowest BCUT2D eigenvalue weighted by atomic mass is 10.1. The lowest BCUT2D eigenvalue weighted by molar-refractivity contribution is -0.384. The number of nitrogens with zero attached hydrogens (tertiary/aromatic N) is 1. The molecule has 110 valence electrons. The zero-order valence-corrected chi connectivity index (χ0v) is 12.0. The molecule has 20 heavy (non-hydrogen) atoms. The van der Waals surface area contributed by atoms with E-state index >= 15 is 0 Å². The Hall–Kier alpha value is -1.83. The predicted molar refractivity (Wildman–Crippen MR) is 77.3 cm³/mol. The van der Waals surface area contributed by atoms with Crippen LogP contribution in [0.1, 0.15) is 17.3 Å². The highest BCUT2D eigenvalue weighted by atomic mass is 32.2. The number of benzene rings is 1. The van der Waals surface area contributed by atoms with E-state index in [2.05, 4.69) is 5.32 Å². The van der Waals surface area contributed by atoms with Gasteiger partial charge in [-0.3, -0.25) is 14.9 Å². The van der Waals surface area contributed by atoms with Gasteiger partial charge in [0.15, 0.2) is 0 Å². The molecule has 0 fully saturated rings. The van der Waals surface area contributed by atoms with Gasteiger partial charge in [-0.25, -0.2) is 4.39 Å². The first-order valence-electron chi connectivity index (χ1n) is 5.88. The van der Waals surface area contributed by atoms with Crippen molar-refractivity contribution in [3.05, 3.63) is 33.6 Å². The maximum absolute atomic E-state index is 13.6. The number of amides is 1. The highest BCUT2D eigenvalue weighted by Gasteiger charge is 2.23. The predicted octanol–water partition coefficient (Wildman–Crippen LogP) is 2.04. The highest BCUT2D eigenvalue weighted by Crippen LogP contribution is 2.27. The van der Waals surface area contributed by atoms with Crippen LogP contribution in [0.4, 0.5) is 15.8 Å². The van der Waals surface area contributed by atoms with Crippen molar-refractivity contribution >= 4 is 29.0 Å². The molecule has 0 radical (unpaired) electrons. The number of thioether (sulfide) groups is 1. The molecule has 3 N–H and O–H groups in total. The van der Waals surface area contributed by atoms with Gasteiger partial charge in [0.2, 0.25) is 0 Å². The van der Waals surface area contributed by atoms with Crippen molar-refractivity contribution in [3.63, 3.8) is 0 Å². The van der Waals surface area contributed by atoms with Gasteiger partial charge in [-0.1, -0.05) is 6.92 Å². The molecule has 1 rings (SSSR count). The molecule has 1 atom stereocenters. The summed E-state index contributed by atoms with van der Waals surface area (Å²) in [4.78, 5) is 21.9. The van der Waals surface area contributed by atoms with Crippen LogP contribution in [-0.2, 0) is 0 Å². The molecule has 1 amide bonds. The topological polar surface area (TPSA) is 98.3 Å². The normalized spacial score (nSPS) is 11.9. The van der Waals surface area contributed by atoms with Crippen molar-refractivity contribution in [3.8, 4) is 0 Å². The summed E-state index contributed by atoms with van der Waals surface area (Å²) in [5, 5.41) is 13.3. The maximum Gasteiger partial charge on any atom is 0.293 e. The van der Waals surface area contributed by atoms with Crippen molar-refractivity contribution in [1.29, 1.82) is 0 Å². The number of hydrogen-bond donors (Lipinski definition) is 2. The lowest BCUT2D eigenvalue weighted by Crippen LogP contribution is -2.30. The summed E-state index contributed by atoms with van der Waals surface area (Å²) in [5.74, 6) is -0.565. The van der Waals surface area contributed by atoms with E-state index in [0.29, 0.717) is 6.54 Å². The number of nitrogens with one attached hydrogen (secondary N) is 1. The minimum Gasteiger partial charge on any atom is -0.392 e. The quantitative estimate of drug-likeness (QED) is 0.476. The van der Waals surface area contributed by atoms with Crippen molar-refractivity contribution in [2.75, 3.05) is 24.3 Å². The molecular weight excluding hydrogens is 285 g/mol. The Morgan fingerprint density at radius 1 is 1.60 bits per heavy atom. The van der Waals surface area contributed by atoms with E-state index < -0.39 is 33.6 Å². The second-order valence-corrected chi connectivity index (χ2v) is 5.29. The number of hydrogen-bond acceptors (Lipinski definition) is 5. The molecule has 0 aromatic heterocycles. The summed E-state index contributed by atoms with van der Waals surface area (Å²) < 4.78 is 13.6. The van der Waals surface area contributed by atoms with Crippen LogP contribution < -0.4 is 11.1 Å². The number of nitro benzene ring substituents is 1. The molecule has 0 bridgehead atoms. The maximum atomic E-state index is 13.6. The number of carbonyl (C=O) groups excluding carboxylic acids is 1. The van der Waals surface area contributed by atoms with Crippen LogP contribution in [0.5, 0.6) is 0 Å². The van der Waals surface area contributed by atoms with Crippen molar-refractivity contribution in [2.45, 2.75) is 6.92 Å². The summed E-state index contributed by atoms with van der Waals surface area (Å²) in [6.07, 6.45) is 1.94. The fourth-order valence-electron chi connectivity index (χ4n) is 1.67. The van der Waals surface area contributed by atoms with Gasteiger partial charge >= 0.3 is 0 Å². The van der Waals surface area contributed by atoms with Crippen LogP contribution >= 0.6 is 11.8 Å². The second-order valence-electron chi connectivity index (χ2n) is 4.38. The number of rotatable bonds is 6. The second kappa shape index (κ2) is 7.09. The number of anilines is 1. The Morgan fingerprint density at radius 3 is 2.80 bits per heavy atom. The Morgan fingerprint density at radius 2 is 2.25 bits per heavy atom. The molecule has 0 aliphatic rings. The summed E-state index contributed by atoms with van der Waals surface area (Å²) in [6.45, 7) is 2.28. The van der Waals surface area contributed by atoms with E-state index in [1.54, 1.807) is 11.8 Å². The molecule has 6 nitrogen and oxygen atoms in total. The van der Waals surface area contributed by atoms with Gasteiger partial charge in [0.1, 0.15) is 17.1 Å². The van der Waals surface area contributed by atoms with Crippen LogP contribution in [0.15, 0.2) is 12.1 Å². The Balaban J connectivity index is 2.92. The molecule has 0 aliphatic carbocycles. The van der Waals surface area contributed by atoms with Crippen molar-refractivity contribution in [1.82, 2.24) is 5.32 Å². The van der Waals surface area contributed by atoms with Crippen LogP contribution in [0.25, 0.3) is 0 Å². The van der Waals surface area contributed by atoms with E-state index in [0.717, 1.165) is 17.9 Å². The monoisotopic (exact) mass is 301 g/mol. The third-order valence-corrected chi connectivity index (χ3v) is 3.56. The summed E-state index contributed by atoms with van der Waals surface area (Å²) in [6, 6.07) is 1.81. The van der Waals surface area contributed by atoms with Gasteiger partial charge in [0.25, 0.3) is 11.6 Å². The summed E-state index contributed by atoms with van der Waals surface area (Å²) >= 11 is 1.63. The molecule has 1 unspecified atom stereocenters. The van der Waals surface area contributed by atoms with Gasteiger partial charge in [-0.15, -0.1) is 0 Å². The number of nitrogen functional groups attached to an aromatic ring is 1. The molecule has 0 heterocycles. The standard InChI is InChI=1S/C12H16FN3O3S/c1-7(6-20-2)5-15-12(17)10-8(13)3-4-9(11(10)14)16(18)19/h3-4,7H,5-6,14H2,1-2H3,(H,15,17). The molecule has 0 aliphatic heterocycles. The molecule has 1 aromatic carbocycles. The fourth-order valence-corrected chi connectivity index (χ4v) is 2.36. The smallest absolute Gasteiger partial charge is 0.293 e. The van der Waals surface area contributed by atoms with Crippen molar-refractivity contribution < 1.29 is 14.1 Å². The van der Waals surface area contributed by atoms with Gasteiger partial charge in [0.05, 0.1) is 4.92 Å². The average Bonchev–Trinajstić information content (AvgIpc) is 2.36. The number of halogens is 1. The zero-order chi connectivity index (χ0) is 15.3. The van der Waals surface area contributed by atoms with Crippen LogP contribution in [-0.4, -0.2) is 29.4 Å². The zero-order valence-electron chi connectivity index (χ0n) is 11.2. The largest absolute Gasteiger partial charge is 0.392 e. The Labute approximate surface area is 120 Å². The SMILES string of the molecule is CSCC(C)CNC(=O)c1c(F)ccc([N+](=O)[O-])c1N. The first kappa shape index (κ1) is 16.2. The lowest BCUT2D eigenvalue weighted by Gasteiger charge is -2.12. The third kappa shape index (κ3) is 3.83.